The molecule has 2 rings (SSSR count). The van der Waals surface area contributed by atoms with Crippen molar-refractivity contribution in [1.82, 2.24) is 9.97 Å². The van der Waals surface area contributed by atoms with Crippen LogP contribution in [0.2, 0.25) is 0 Å². The molecule has 0 radical (unpaired) electrons. The van der Waals surface area contributed by atoms with Crippen LogP contribution in [0, 0.1) is 0 Å². The molecular formula is C11H16BrN3. The van der Waals surface area contributed by atoms with Crippen molar-refractivity contribution in [3.05, 3.63) is 16.5 Å². The third kappa shape index (κ3) is 2.91. The molecule has 1 heterocycles. The molecule has 0 atom stereocenters. The van der Waals surface area contributed by atoms with E-state index in [1.54, 1.807) is 0 Å². The molecule has 1 aromatic heterocycles. The van der Waals surface area contributed by atoms with Gasteiger partial charge in [-0.25, -0.2) is 9.97 Å². The SMILES string of the molecule is CCCc1nc(Br)cc(NC2CCC2)n1. The van der Waals surface area contributed by atoms with Crippen molar-refractivity contribution in [1.29, 1.82) is 0 Å². The monoisotopic (exact) mass is 269 g/mol. The maximum atomic E-state index is 4.49. The molecule has 1 aliphatic carbocycles. The second-order valence-corrected chi connectivity index (χ2v) is 4.83. The van der Waals surface area contributed by atoms with Gasteiger partial charge in [0.15, 0.2) is 0 Å². The lowest BCUT2D eigenvalue weighted by molar-refractivity contribution is 0.444. The molecular weight excluding hydrogens is 254 g/mol. The Kier molecular flexibility index (Phi) is 3.57. The summed E-state index contributed by atoms with van der Waals surface area (Å²) in [6.45, 7) is 2.14. The molecule has 0 unspecified atom stereocenters. The average Bonchev–Trinajstić information content (AvgIpc) is 2.11. The molecule has 0 saturated heterocycles. The van der Waals surface area contributed by atoms with Crippen LogP contribution in [0.3, 0.4) is 0 Å². The Bertz CT molecular complexity index is 337. The third-order valence-corrected chi connectivity index (χ3v) is 3.08. The van der Waals surface area contributed by atoms with Gasteiger partial charge in [0.25, 0.3) is 0 Å². The number of hydrogen-bond acceptors (Lipinski definition) is 3. The van der Waals surface area contributed by atoms with E-state index in [0.717, 1.165) is 29.1 Å². The Morgan fingerprint density at radius 1 is 1.47 bits per heavy atom. The van der Waals surface area contributed by atoms with Gasteiger partial charge in [-0.1, -0.05) is 6.92 Å². The van der Waals surface area contributed by atoms with E-state index in [9.17, 15) is 0 Å². The first kappa shape index (κ1) is 10.9. The number of aromatic nitrogens is 2. The highest BCUT2D eigenvalue weighted by atomic mass is 79.9. The third-order valence-electron chi connectivity index (χ3n) is 2.67. The van der Waals surface area contributed by atoms with Crippen LogP contribution in [-0.4, -0.2) is 16.0 Å². The van der Waals surface area contributed by atoms with E-state index in [4.69, 9.17) is 0 Å². The highest BCUT2D eigenvalue weighted by molar-refractivity contribution is 9.10. The second kappa shape index (κ2) is 4.92. The Labute approximate surface area is 98.8 Å². The number of rotatable bonds is 4. The summed E-state index contributed by atoms with van der Waals surface area (Å²) in [5.74, 6) is 1.89. The molecule has 0 aromatic carbocycles. The maximum Gasteiger partial charge on any atom is 0.132 e. The fraction of sp³-hybridized carbons (Fsp3) is 0.636. The Balaban J connectivity index is 2.07. The summed E-state index contributed by atoms with van der Waals surface area (Å²) in [7, 11) is 0. The van der Waals surface area contributed by atoms with Crippen molar-refractivity contribution in [3.8, 4) is 0 Å². The molecule has 82 valence electrons. The first-order chi connectivity index (χ1) is 7.28. The van der Waals surface area contributed by atoms with Crippen LogP contribution in [-0.2, 0) is 6.42 Å². The summed E-state index contributed by atoms with van der Waals surface area (Å²) >= 11 is 3.42. The van der Waals surface area contributed by atoms with Crippen LogP contribution >= 0.6 is 15.9 Å². The van der Waals surface area contributed by atoms with Crippen LogP contribution in [0.15, 0.2) is 10.7 Å². The van der Waals surface area contributed by atoms with Gasteiger partial charge in [-0.15, -0.1) is 0 Å². The fourth-order valence-electron chi connectivity index (χ4n) is 1.64. The zero-order valence-corrected chi connectivity index (χ0v) is 10.5. The van der Waals surface area contributed by atoms with Gasteiger partial charge in [-0.05, 0) is 41.6 Å². The molecule has 3 nitrogen and oxygen atoms in total. The first-order valence-corrected chi connectivity index (χ1v) is 6.37. The van der Waals surface area contributed by atoms with Crippen molar-refractivity contribution in [2.24, 2.45) is 0 Å². The van der Waals surface area contributed by atoms with Gasteiger partial charge in [-0.3, -0.25) is 0 Å². The lowest BCUT2D eigenvalue weighted by Crippen LogP contribution is -2.27. The number of halogens is 1. The van der Waals surface area contributed by atoms with E-state index < -0.39 is 0 Å². The zero-order valence-electron chi connectivity index (χ0n) is 8.96. The van der Waals surface area contributed by atoms with Crippen LogP contribution < -0.4 is 5.32 Å². The smallest absolute Gasteiger partial charge is 0.132 e. The minimum atomic E-state index is 0.626. The van der Waals surface area contributed by atoms with Crippen molar-refractivity contribution in [3.63, 3.8) is 0 Å². The predicted molar refractivity (Wildman–Crippen MR) is 65.0 cm³/mol. The summed E-state index contributed by atoms with van der Waals surface area (Å²) in [5, 5.41) is 3.44. The quantitative estimate of drug-likeness (QED) is 0.854. The first-order valence-electron chi connectivity index (χ1n) is 5.58. The Morgan fingerprint density at radius 2 is 2.27 bits per heavy atom. The highest BCUT2D eigenvalue weighted by Gasteiger charge is 2.17. The van der Waals surface area contributed by atoms with Crippen LogP contribution in [0.1, 0.15) is 38.4 Å². The Morgan fingerprint density at radius 3 is 2.87 bits per heavy atom. The largest absolute Gasteiger partial charge is 0.367 e. The number of hydrogen-bond donors (Lipinski definition) is 1. The number of aryl methyl sites for hydroxylation is 1. The van der Waals surface area contributed by atoms with E-state index in [1.807, 2.05) is 6.07 Å². The number of nitrogens with one attached hydrogen (secondary N) is 1. The molecule has 0 bridgehead atoms. The molecule has 1 N–H and O–H groups in total. The second-order valence-electron chi connectivity index (χ2n) is 4.01. The van der Waals surface area contributed by atoms with Gasteiger partial charge < -0.3 is 5.32 Å². The molecule has 0 amide bonds. The predicted octanol–water partition coefficient (Wildman–Crippen LogP) is 3.16. The summed E-state index contributed by atoms with van der Waals surface area (Å²) < 4.78 is 0.878. The molecule has 0 aliphatic heterocycles. The summed E-state index contributed by atoms with van der Waals surface area (Å²) in [5.41, 5.74) is 0. The lowest BCUT2D eigenvalue weighted by atomic mass is 9.93. The Hall–Kier alpha value is -0.640. The van der Waals surface area contributed by atoms with Crippen molar-refractivity contribution >= 4 is 21.7 Å². The number of nitrogens with zero attached hydrogens (tertiary/aromatic N) is 2. The number of anilines is 1. The lowest BCUT2D eigenvalue weighted by Gasteiger charge is -2.27. The topological polar surface area (TPSA) is 37.8 Å². The van der Waals surface area contributed by atoms with Crippen molar-refractivity contribution in [2.45, 2.75) is 45.1 Å². The van der Waals surface area contributed by atoms with Gasteiger partial charge in [0.2, 0.25) is 0 Å². The van der Waals surface area contributed by atoms with Gasteiger partial charge in [-0.2, -0.15) is 0 Å². The van der Waals surface area contributed by atoms with Crippen LogP contribution in [0.4, 0.5) is 5.82 Å². The van der Waals surface area contributed by atoms with Crippen LogP contribution in [0.25, 0.3) is 0 Å². The maximum absolute atomic E-state index is 4.49. The van der Waals surface area contributed by atoms with E-state index in [1.165, 1.54) is 19.3 Å². The highest BCUT2D eigenvalue weighted by Crippen LogP contribution is 2.23. The van der Waals surface area contributed by atoms with Crippen molar-refractivity contribution in [2.75, 3.05) is 5.32 Å². The van der Waals surface area contributed by atoms with Crippen molar-refractivity contribution < 1.29 is 0 Å². The molecule has 1 aliphatic rings. The van der Waals surface area contributed by atoms with E-state index in [-0.39, 0.29) is 0 Å². The van der Waals surface area contributed by atoms with Gasteiger partial charge in [0, 0.05) is 18.5 Å². The minimum Gasteiger partial charge on any atom is -0.367 e. The van der Waals surface area contributed by atoms with Gasteiger partial charge >= 0.3 is 0 Å². The molecule has 4 heteroatoms. The summed E-state index contributed by atoms with van der Waals surface area (Å²) in [6.07, 6.45) is 5.90. The minimum absolute atomic E-state index is 0.626. The van der Waals surface area contributed by atoms with Gasteiger partial charge in [0.1, 0.15) is 16.2 Å². The van der Waals surface area contributed by atoms with Gasteiger partial charge in [0.05, 0.1) is 0 Å². The van der Waals surface area contributed by atoms with E-state index >= 15 is 0 Å². The summed E-state index contributed by atoms with van der Waals surface area (Å²) in [6, 6.07) is 2.58. The molecule has 0 spiro atoms. The molecule has 15 heavy (non-hydrogen) atoms. The average molecular weight is 270 g/mol. The molecule has 1 aromatic rings. The molecule has 1 fully saturated rings. The zero-order chi connectivity index (χ0) is 10.7. The summed E-state index contributed by atoms with van der Waals surface area (Å²) in [4.78, 5) is 8.83. The standard InChI is InChI=1S/C11H16BrN3/c1-2-4-10-14-9(12)7-11(15-10)13-8-5-3-6-8/h7-8H,2-6H2,1H3,(H,13,14,15). The van der Waals surface area contributed by atoms with E-state index in [0.29, 0.717) is 6.04 Å². The normalized spacial score (nSPS) is 16.1. The van der Waals surface area contributed by atoms with Crippen LogP contribution in [0.5, 0.6) is 0 Å². The fourth-order valence-corrected chi connectivity index (χ4v) is 2.06. The van der Waals surface area contributed by atoms with E-state index in [2.05, 4.69) is 38.1 Å². The molecule has 1 saturated carbocycles.